The molecule has 1 saturated heterocycles. The van der Waals surface area contributed by atoms with E-state index in [4.69, 9.17) is 22.5 Å². The van der Waals surface area contributed by atoms with Crippen LogP contribution in [0.1, 0.15) is 45.6 Å². The van der Waals surface area contributed by atoms with Crippen LogP contribution >= 0.6 is 29.1 Å². The quantitative estimate of drug-likeness (QED) is 0.661. The van der Waals surface area contributed by atoms with Crippen LogP contribution in [0.25, 0.3) is 0 Å². The summed E-state index contributed by atoms with van der Waals surface area (Å²) in [4.78, 5) is 2.45. The number of benzene rings is 1. The van der Waals surface area contributed by atoms with Crippen LogP contribution < -0.4 is 10.2 Å². The lowest BCUT2D eigenvalue weighted by Crippen LogP contribution is -2.32. The monoisotopic (exact) mass is 317 g/mol. The third-order valence-corrected chi connectivity index (χ3v) is 5.56. The van der Waals surface area contributed by atoms with Crippen LogP contribution in [0.2, 0.25) is 0 Å². The molecule has 1 aromatic rings. The van der Waals surface area contributed by atoms with Gasteiger partial charge in [0.15, 0.2) is 0 Å². The van der Waals surface area contributed by atoms with Crippen LogP contribution in [-0.4, -0.2) is 13.1 Å². The molecule has 1 aliphatic heterocycles. The number of rotatable bonds is 2. The van der Waals surface area contributed by atoms with Gasteiger partial charge in [-0.15, -0.1) is 0 Å². The zero-order valence-electron chi connectivity index (χ0n) is 11.9. The lowest BCUT2D eigenvalue weighted by atomic mass is 9.86. The standard InChI is InChI=1S/C15H22Cl2NP/c1-15(2,3)12-7-8-14(19(16)17)13(11-12)18-9-5-4-6-10-18/h7-8,11H,4-6,9-10H2,1-3H3. The van der Waals surface area contributed by atoms with E-state index in [0.717, 1.165) is 18.4 Å². The molecule has 0 atom stereocenters. The maximum Gasteiger partial charge on any atom is 0.119 e. The smallest absolute Gasteiger partial charge is 0.119 e. The van der Waals surface area contributed by atoms with Crippen molar-refractivity contribution < 1.29 is 0 Å². The minimum absolute atomic E-state index is 0.157. The first kappa shape index (κ1) is 15.4. The van der Waals surface area contributed by atoms with Crippen molar-refractivity contribution >= 4 is 40.1 Å². The molecule has 0 saturated carbocycles. The summed E-state index contributed by atoms with van der Waals surface area (Å²) in [5.74, 6) is 0. The summed E-state index contributed by atoms with van der Waals surface area (Å²) in [5, 5.41) is 1.10. The molecule has 0 radical (unpaired) electrons. The van der Waals surface area contributed by atoms with E-state index >= 15 is 0 Å². The third-order valence-electron chi connectivity index (χ3n) is 3.72. The van der Waals surface area contributed by atoms with Crippen molar-refractivity contribution in [1.82, 2.24) is 0 Å². The molecule has 2 rings (SSSR count). The Bertz CT molecular complexity index is 434. The van der Waals surface area contributed by atoms with Gasteiger partial charge >= 0.3 is 0 Å². The SMILES string of the molecule is CC(C)(C)c1ccc(P(Cl)Cl)c(N2CCCCC2)c1. The molecule has 0 bridgehead atoms. The number of piperidine rings is 1. The Morgan fingerprint density at radius 2 is 1.68 bits per heavy atom. The first-order valence-electron chi connectivity index (χ1n) is 6.91. The van der Waals surface area contributed by atoms with Crippen molar-refractivity contribution in [3.63, 3.8) is 0 Å². The maximum atomic E-state index is 6.20. The largest absolute Gasteiger partial charge is 0.371 e. The number of hydrogen-bond acceptors (Lipinski definition) is 1. The van der Waals surface area contributed by atoms with E-state index in [1.54, 1.807) is 0 Å². The van der Waals surface area contributed by atoms with Crippen molar-refractivity contribution in [2.24, 2.45) is 0 Å². The summed E-state index contributed by atoms with van der Waals surface area (Å²) in [6.45, 7) is 7.89. The predicted molar refractivity (Wildman–Crippen MR) is 89.5 cm³/mol. The minimum Gasteiger partial charge on any atom is -0.371 e. The molecule has 1 aromatic carbocycles. The molecular formula is C15H22Cl2NP. The van der Waals surface area contributed by atoms with Gasteiger partial charge in [0.1, 0.15) is 6.63 Å². The first-order chi connectivity index (χ1) is 8.89. The van der Waals surface area contributed by atoms with Gasteiger partial charge in [0.2, 0.25) is 0 Å². The van der Waals surface area contributed by atoms with E-state index in [1.807, 2.05) is 0 Å². The molecule has 1 fully saturated rings. The molecule has 4 heteroatoms. The zero-order valence-corrected chi connectivity index (χ0v) is 14.3. The number of nitrogens with zero attached hydrogens (tertiary/aromatic N) is 1. The van der Waals surface area contributed by atoms with Gasteiger partial charge in [-0.2, -0.15) is 0 Å². The van der Waals surface area contributed by atoms with Crippen LogP contribution in [0.5, 0.6) is 0 Å². The fourth-order valence-electron chi connectivity index (χ4n) is 2.52. The maximum absolute atomic E-state index is 6.20. The van der Waals surface area contributed by atoms with Crippen LogP contribution in [0.4, 0.5) is 5.69 Å². The first-order valence-corrected chi connectivity index (χ1v) is 10.1. The van der Waals surface area contributed by atoms with Gasteiger partial charge < -0.3 is 4.90 Å². The van der Waals surface area contributed by atoms with Crippen molar-refractivity contribution in [2.45, 2.75) is 45.4 Å². The lowest BCUT2D eigenvalue weighted by molar-refractivity contribution is 0.573. The Hall–Kier alpha value is 0.0300. The summed E-state index contributed by atoms with van der Waals surface area (Å²) >= 11 is 12.4. The summed E-state index contributed by atoms with van der Waals surface area (Å²) in [7, 11) is 0. The van der Waals surface area contributed by atoms with Gasteiger partial charge in [0.05, 0.1) is 0 Å². The van der Waals surface area contributed by atoms with Gasteiger partial charge in [0, 0.05) is 24.1 Å². The number of anilines is 1. The summed E-state index contributed by atoms with van der Waals surface area (Å²) in [6.07, 6.45) is 3.87. The number of hydrogen-bond donors (Lipinski definition) is 0. The Kier molecular flexibility index (Phi) is 5.04. The molecule has 19 heavy (non-hydrogen) atoms. The van der Waals surface area contributed by atoms with Crippen molar-refractivity contribution in [1.29, 1.82) is 0 Å². The Labute approximate surface area is 127 Å². The Morgan fingerprint density at radius 3 is 2.21 bits per heavy atom. The van der Waals surface area contributed by atoms with Gasteiger partial charge in [-0.25, -0.2) is 0 Å². The second-order valence-corrected chi connectivity index (χ2v) is 9.73. The molecule has 1 heterocycles. The summed E-state index contributed by atoms with van der Waals surface area (Å²) in [6, 6.07) is 6.58. The van der Waals surface area contributed by atoms with Gasteiger partial charge in [-0.3, -0.25) is 0 Å². The van der Waals surface area contributed by atoms with Gasteiger partial charge in [0.25, 0.3) is 0 Å². The van der Waals surface area contributed by atoms with Crippen LogP contribution in [-0.2, 0) is 5.41 Å². The fraction of sp³-hybridized carbons (Fsp3) is 0.600. The van der Waals surface area contributed by atoms with Crippen molar-refractivity contribution in [2.75, 3.05) is 18.0 Å². The highest BCUT2D eigenvalue weighted by Crippen LogP contribution is 2.48. The lowest BCUT2D eigenvalue weighted by Gasteiger charge is -2.32. The molecule has 0 aliphatic carbocycles. The highest BCUT2D eigenvalue weighted by molar-refractivity contribution is 8.09. The van der Waals surface area contributed by atoms with Crippen LogP contribution in [0, 0.1) is 0 Å². The number of halogens is 2. The van der Waals surface area contributed by atoms with Crippen molar-refractivity contribution in [3.05, 3.63) is 23.8 Å². The molecule has 106 valence electrons. The summed E-state index contributed by atoms with van der Waals surface area (Å²) in [5.41, 5.74) is 2.76. The zero-order chi connectivity index (χ0) is 14.0. The molecule has 0 spiro atoms. The average Bonchev–Trinajstić information content (AvgIpc) is 2.38. The van der Waals surface area contributed by atoms with E-state index < -0.39 is 6.63 Å². The summed E-state index contributed by atoms with van der Waals surface area (Å²) < 4.78 is 0. The normalized spacial score (nSPS) is 17.1. The second kappa shape index (κ2) is 6.20. The Balaban J connectivity index is 2.41. The fourth-order valence-corrected chi connectivity index (χ4v) is 3.94. The van der Waals surface area contributed by atoms with E-state index in [0.29, 0.717) is 0 Å². The second-order valence-electron chi connectivity index (χ2n) is 6.23. The van der Waals surface area contributed by atoms with E-state index in [9.17, 15) is 0 Å². The molecule has 1 nitrogen and oxygen atoms in total. The average molecular weight is 318 g/mol. The molecule has 0 unspecified atom stereocenters. The van der Waals surface area contributed by atoms with Gasteiger partial charge in [-0.05, 0) is 42.4 Å². The molecule has 0 aromatic heterocycles. The van der Waals surface area contributed by atoms with E-state index in [1.165, 1.54) is 30.5 Å². The molecule has 0 amide bonds. The Morgan fingerprint density at radius 1 is 1.05 bits per heavy atom. The topological polar surface area (TPSA) is 3.24 Å². The van der Waals surface area contributed by atoms with Crippen LogP contribution in [0.3, 0.4) is 0 Å². The van der Waals surface area contributed by atoms with E-state index in [-0.39, 0.29) is 5.41 Å². The van der Waals surface area contributed by atoms with E-state index in [2.05, 4.69) is 43.9 Å². The minimum atomic E-state index is -1.09. The van der Waals surface area contributed by atoms with Crippen LogP contribution in [0.15, 0.2) is 18.2 Å². The predicted octanol–water partition coefficient (Wildman–Crippen LogP) is 5.39. The van der Waals surface area contributed by atoms with Gasteiger partial charge in [-0.1, -0.05) is 49.3 Å². The highest BCUT2D eigenvalue weighted by Gasteiger charge is 2.21. The third kappa shape index (κ3) is 3.78. The molecule has 0 N–H and O–H groups in total. The highest BCUT2D eigenvalue weighted by atomic mass is 35.9. The molecule has 1 aliphatic rings. The molecular weight excluding hydrogens is 296 g/mol. The van der Waals surface area contributed by atoms with Crippen molar-refractivity contribution in [3.8, 4) is 0 Å².